The molecule has 0 bridgehead atoms. The normalized spacial score (nSPS) is 11.7. The molecule has 2 aromatic heterocycles. The van der Waals surface area contributed by atoms with Crippen molar-refractivity contribution in [3.63, 3.8) is 0 Å². The van der Waals surface area contributed by atoms with E-state index in [2.05, 4.69) is 27.5 Å². The number of nitrogens with one attached hydrogen (secondary N) is 2. The molecule has 0 saturated carbocycles. The Morgan fingerprint density at radius 1 is 1.43 bits per heavy atom. The molecule has 0 unspecified atom stereocenters. The molecule has 0 amide bonds. The lowest BCUT2D eigenvalue weighted by molar-refractivity contribution is 0.105. The number of ether oxygens (including phenoxy) is 1. The van der Waals surface area contributed by atoms with Crippen molar-refractivity contribution in [1.82, 2.24) is 15.6 Å². The molecule has 0 aliphatic heterocycles. The smallest absolute Gasteiger partial charge is 0.191 e. The minimum Gasteiger partial charge on any atom is -0.467 e. The van der Waals surface area contributed by atoms with Crippen LogP contribution in [0.4, 0.5) is 0 Å². The molecule has 6 nitrogen and oxygen atoms in total. The molecule has 0 fully saturated rings. The SMILES string of the molecule is CCNC(=NCc1cnc(C)s1)NCCCOCc1ccco1. The number of furan rings is 1. The van der Waals surface area contributed by atoms with Crippen LogP contribution < -0.4 is 10.6 Å². The van der Waals surface area contributed by atoms with Crippen LogP contribution in [-0.2, 0) is 17.9 Å². The summed E-state index contributed by atoms with van der Waals surface area (Å²) in [6.45, 7) is 7.56. The van der Waals surface area contributed by atoms with Crippen molar-refractivity contribution in [2.24, 2.45) is 4.99 Å². The van der Waals surface area contributed by atoms with Crippen LogP contribution in [0.15, 0.2) is 34.0 Å². The Bertz CT molecular complexity index is 581. The van der Waals surface area contributed by atoms with Crippen molar-refractivity contribution < 1.29 is 9.15 Å². The van der Waals surface area contributed by atoms with Gasteiger partial charge in [-0.2, -0.15) is 0 Å². The first kappa shape index (κ1) is 17.5. The summed E-state index contributed by atoms with van der Waals surface area (Å²) in [7, 11) is 0. The van der Waals surface area contributed by atoms with Gasteiger partial charge in [0.1, 0.15) is 12.4 Å². The summed E-state index contributed by atoms with van der Waals surface area (Å²) in [6.07, 6.45) is 4.45. The van der Waals surface area contributed by atoms with E-state index in [1.165, 1.54) is 4.88 Å². The standard InChI is InChI=1S/C16H24N4O2S/c1-3-17-16(20-11-15-10-19-13(2)23-15)18-7-5-8-21-12-14-6-4-9-22-14/h4,6,9-10H,3,5,7-8,11-12H2,1-2H3,(H2,17,18,20). The molecule has 0 aliphatic rings. The van der Waals surface area contributed by atoms with E-state index in [-0.39, 0.29) is 0 Å². The van der Waals surface area contributed by atoms with E-state index in [0.29, 0.717) is 19.8 Å². The Balaban J connectivity index is 1.63. The van der Waals surface area contributed by atoms with Gasteiger partial charge in [0.2, 0.25) is 0 Å². The Labute approximate surface area is 141 Å². The van der Waals surface area contributed by atoms with Gasteiger partial charge in [0, 0.05) is 30.8 Å². The van der Waals surface area contributed by atoms with E-state index in [1.54, 1.807) is 17.6 Å². The number of thiazole rings is 1. The second-order valence-electron chi connectivity index (χ2n) is 4.95. The zero-order valence-corrected chi connectivity index (χ0v) is 14.5. The van der Waals surface area contributed by atoms with Gasteiger partial charge >= 0.3 is 0 Å². The predicted octanol–water partition coefficient (Wildman–Crippen LogP) is 2.71. The maximum absolute atomic E-state index is 5.55. The fourth-order valence-electron chi connectivity index (χ4n) is 1.93. The highest BCUT2D eigenvalue weighted by Gasteiger charge is 2.00. The molecule has 2 N–H and O–H groups in total. The van der Waals surface area contributed by atoms with Crippen LogP contribution in [-0.4, -0.2) is 30.6 Å². The molecule has 0 saturated heterocycles. The number of guanidine groups is 1. The van der Waals surface area contributed by atoms with Crippen molar-refractivity contribution >= 4 is 17.3 Å². The largest absolute Gasteiger partial charge is 0.467 e. The van der Waals surface area contributed by atoms with Crippen LogP contribution in [0.1, 0.15) is 29.0 Å². The summed E-state index contributed by atoms with van der Waals surface area (Å²) in [6, 6.07) is 3.78. The van der Waals surface area contributed by atoms with Gasteiger partial charge in [-0.15, -0.1) is 11.3 Å². The minimum atomic E-state index is 0.520. The molecule has 2 rings (SSSR count). The molecule has 126 valence electrons. The van der Waals surface area contributed by atoms with Gasteiger partial charge in [0.15, 0.2) is 5.96 Å². The van der Waals surface area contributed by atoms with Crippen molar-refractivity contribution in [1.29, 1.82) is 0 Å². The molecule has 2 heterocycles. The third-order valence-electron chi connectivity index (χ3n) is 2.99. The summed E-state index contributed by atoms with van der Waals surface area (Å²) in [4.78, 5) is 9.97. The van der Waals surface area contributed by atoms with Gasteiger partial charge in [0.25, 0.3) is 0 Å². The van der Waals surface area contributed by atoms with E-state index in [0.717, 1.165) is 36.2 Å². The summed E-state index contributed by atoms with van der Waals surface area (Å²) >= 11 is 1.68. The number of hydrogen-bond donors (Lipinski definition) is 2. The van der Waals surface area contributed by atoms with Crippen LogP contribution >= 0.6 is 11.3 Å². The Hall–Kier alpha value is -1.86. The Morgan fingerprint density at radius 3 is 3.04 bits per heavy atom. The van der Waals surface area contributed by atoms with Gasteiger partial charge in [-0.3, -0.25) is 0 Å². The number of aryl methyl sites for hydroxylation is 1. The van der Waals surface area contributed by atoms with E-state index in [4.69, 9.17) is 9.15 Å². The van der Waals surface area contributed by atoms with Gasteiger partial charge < -0.3 is 19.8 Å². The molecule has 0 spiro atoms. The van der Waals surface area contributed by atoms with Crippen molar-refractivity contribution in [3.8, 4) is 0 Å². The Morgan fingerprint density at radius 2 is 2.35 bits per heavy atom. The van der Waals surface area contributed by atoms with Crippen molar-refractivity contribution in [2.45, 2.75) is 33.4 Å². The molecule has 0 atom stereocenters. The number of nitrogens with zero attached hydrogens (tertiary/aromatic N) is 2. The van der Waals surface area contributed by atoms with E-state index in [9.17, 15) is 0 Å². The van der Waals surface area contributed by atoms with Crippen LogP contribution in [0.3, 0.4) is 0 Å². The Kier molecular flexibility index (Phi) is 7.62. The monoisotopic (exact) mass is 336 g/mol. The fourth-order valence-corrected chi connectivity index (χ4v) is 2.64. The summed E-state index contributed by atoms with van der Waals surface area (Å²) in [5.41, 5.74) is 0. The van der Waals surface area contributed by atoms with Crippen LogP contribution in [0.2, 0.25) is 0 Å². The molecular weight excluding hydrogens is 312 g/mol. The summed E-state index contributed by atoms with van der Waals surface area (Å²) in [5, 5.41) is 7.62. The van der Waals surface area contributed by atoms with Crippen molar-refractivity contribution in [3.05, 3.63) is 40.2 Å². The lowest BCUT2D eigenvalue weighted by Crippen LogP contribution is -2.38. The molecular formula is C16H24N4O2S. The van der Waals surface area contributed by atoms with E-state index in [1.807, 2.05) is 25.3 Å². The lowest BCUT2D eigenvalue weighted by atomic mass is 10.4. The topological polar surface area (TPSA) is 71.7 Å². The second kappa shape index (κ2) is 10.0. The van der Waals surface area contributed by atoms with E-state index < -0.39 is 0 Å². The number of rotatable bonds is 9. The zero-order valence-electron chi connectivity index (χ0n) is 13.7. The maximum atomic E-state index is 5.55. The third-order valence-corrected chi connectivity index (χ3v) is 3.89. The van der Waals surface area contributed by atoms with Gasteiger partial charge in [0.05, 0.1) is 17.8 Å². The van der Waals surface area contributed by atoms with Crippen molar-refractivity contribution in [2.75, 3.05) is 19.7 Å². The molecule has 0 aliphatic carbocycles. The van der Waals surface area contributed by atoms with Gasteiger partial charge in [-0.1, -0.05) is 0 Å². The van der Waals surface area contributed by atoms with Gasteiger partial charge in [-0.25, -0.2) is 9.98 Å². The van der Waals surface area contributed by atoms with Gasteiger partial charge in [-0.05, 0) is 32.4 Å². The lowest BCUT2D eigenvalue weighted by Gasteiger charge is -2.11. The first-order valence-corrected chi connectivity index (χ1v) is 8.63. The van der Waals surface area contributed by atoms with E-state index >= 15 is 0 Å². The summed E-state index contributed by atoms with van der Waals surface area (Å²) in [5.74, 6) is 1.68. The minimum absolute atomic E-state index is 0.520. The molecule has 7 heteroatoms. The van der Waals surface area contributed by atoms with Crippen LogP contribution in [0.25, 0.3) is 0 Å². The summed E-state index contributed by atoms with van der Waals surface area (Å²) < 4.78 is 10.8. The average Bonchev–Trinajstić information content (AvgIpc) is 3.19. The molecule has 2 aromatic rings. The van der Waals surface area contributed by atoms with Crippen LogP contribution in [0.5, 0.6) is 0 Å². The second-order valence-corrected chi connectivity index (χ2v) is 6.27. The fraction of sp³-hybridized carbons (Fsp3) is 0.500. The highest BCUT2D eigenvalue weighted by molar-refractivity contribution is 7.11. The quantitative estimate of drug-likeness (QED) is 0.418. The average molecular weight is 336 g/mol. The molecule has 23 heavy (non-hydrogen) atoms. The molecule has 0 radical (unpaired) electrons. The first-order chi connectivity index (χ1) is 11.3. The molecule has 0 aromatic carbocycles. The maximum Gasteiger partial charge on any atom is 0.191 e. The number of aromatic nitrogens is 1. The first-order valence-electron chi connectivity index (χ1n) is 7.81. The number of hydrogen-bond acceptors (Lipinski definition) is 5. The predicted molar refractivity (Wildman–Crippen MR) is 92.7 cm³/mol. The number of aliphatic imine (C=N–C) groups is 1. The third kappa shape index (κ3) is 6.83. The van der Waals surface area contributed by atoms with Crippen LogP contribution in [0, 0.1) is 6.92 Å². The highest BCUT2D eigenvalue weighted by Crippen LogP contribution is 2.12. The highest BCUT2D eigenvalue weighted by atomic mass is 32.1. The zero-order chi connectivity index (χ0) is 16.3.